The van der Waals surface area contributed by atoms with E-state index >= 15 is 0 Å². The minimum atomic E-state index is -3.59. The highest BCUT2D eigenvalue weighted by Crippen LogP contribution is 2.30. The van der Waals surface area contributed by atoms with Gasteiger partial charge in [-0.1, -0.05) is 17.3 Å². The van der Waals surface area contributed by atoms with Crippen LogP contribution in [0.25, 0.3) is 10.2 Å². The van der Waals surface area contributed by atoms with Gasteiger partial charge in [0.15, 0.2) is 4.80 Å². The van der Waals surface area contributed by atoms with Crippen LogP contribution in [0.2, 0.25) is 0 Å². The zero-order valence-corrected chi connectivity index (χ0v) is 20.4. The van der Waals surface area contributed by atoms with Crippen molar-refractivity contribution in [3.8, 4) is 12.3 Å². The van der Waals surface area contributed by atoms with Gasteiger partial charge in [-0.25, -0.2) is 13.2 Å². The molecule has 1 fully saturated rings. The SMILES string of the molecule is C#CCn1c(=NC(=O)c2ccc(S(=O)(=O)N(C)C3CC3)cc2)sc2cc(C(=O)OCC)ccc21. The number of ether oxygens (including phenoxy) is 1. The van der Waals surface area contributed by atoms with Crippen LogP contribution >= 0.6 is 11.3 Å². The van der Waals surface area contributed by atoms with Crippen LogP contribution in [0.15, 0.2) is 52.4 Å². The molecule has 4 rings (SSSR count). The molecule has 0 bridgehead atoms. The van der Waals surface area contributed by atoms with Crippen LogP contribution in [-0.2, 0) is 21.3 Å². The lowest BCUT2D eigenvalue weighted by molar-refractivity contribution is 0.0526. The third-order valence-corrected chi connectivity index (χ3v) is 8.45. The summed E-state index contributed by atoms with van der Waals surface area (Å²) in [5.74, 6) is 1.60. The molecule has 0 saturated heterocycles. The van der Waals surface area contributed by atoms with Crippen molar-refractivity contribution in [1.82, 2.24) is 8.87 Å². The molecule has 2 aromatic carbocycles. The zero-order chi connectivity index (χ0) is 24.5. The lowest BCUT2D eigenvalue weighted by atomic mass is 10.2. The van der Waals surface area contributed by atoms with Gasteiger partial charge in [-0.05, 0) is 62.2 Å². The highest BCUT2D eigenvalue weighted by Gasteiger charge is 2.35. The topological polar surface area (TPSA) is 98.0 Å². The van der Waals surface area contributed by atoms with E-state index in [1.165, 1.54) is 39.9 Å². The molecule has 0 N–H and O–H groups in total. The summed E-state index contributed by atoms with van der Waals surface area (Å²) in [4.78, 5) is 29.7. The van der Waals surface area contributed by atoms with E-state index in [0.29, 0.717) is 10.4 Å². The van der Waals surface area contributed by atoms with E-state index in [9.17, 15) is 18.0 Å². The van der Waals surface area contributed by atoms with E-state index in [2.05, 4.69) is 10.9 Å². The number of amides is 1. The van der Waals surface area contributed by atoms with Crippen molar-refractivity contribution in [2.75, 3.05) is 13.7 Å². The number of esters is 1. The summed E-state index contributed by atoms with van der Waals surface area (Å²) in [6.07, 6.45) is 7.24. The predicted molar refractivity (Wildman–Crippen MR) is 129 cm³/mol. The molecule has 0 unspecified atom stereocenters. The van der Waals surface area contributed by atoms with Crippen molar-refractivity contribution in [3.05, 3.63) is 58.4 Å². The van der Waals surface area contributed by atoms with Crippen LogP contribution in [0.3, 0.4) is 0 Å². The monoisotopic (exact) mass is 497 g/mol. The summed E-state index contributed by atoms with van der Waals surface area (Å²) < 4.78 is 34.2. The maximum Gasteiger partial charge on any atom is 0.338 e. The molecule has 10 heteroatoms. The molecule has 8 nitrogen and oxygen atoms in total. The fraction of sp³-hybridized carbons (Fsp3) is 0.292. The van der Waals surface area contributed by atoms with Gasteiger partial charge < -0.3 is 9.30 Å². The Morgan fingerprint density at radius 3 is 2.50 bits per heavy atom. The molecule has 0 spiro atoms. The van der Waals surface area contributed by atoms with Gasteiger partial charge in [-0.3, -0.25) is 4.79 Å². The molecule has 0 aliphatic heterocycles. The fourth-order valence-electron chi connectivity index (χ4n) is 3.47. The van der Waals surface area contributed by atoms with Gasteiger partial charge >= 0.3 is 5.97 Å². The van der Waals surface area contributed by atoms with E-state index in [1.807, 2.05) is 0 Å². The lowest BCUT2D eigenvalue weighted by Crippen LogP contribution is -2.28. The third kappa shape index (κ3) is 4.68. The summed E-state index contributed by atoms with van der Waals surface area (Å²) in [7, 11) is -2.02. The Kier molecular flexibility index (Phi) is 6.70. The highest BCUT2D eigenvalue weighted by molar-refractivity contribution is 7.89. The van der Waals surface area contributed by atoms with E-state index in [-0.39, 0.29) is 29.7 Å². The first kappa shape index (κ1) is 23.9. The molecule has 176 valence electrons. The Labute approximate surface area is 201 Å². The van der Waals surface area contributed by atoms with Crippen LogP contribution in [-0.4, -0.2) is 48.9 Å². The molecule has 1 aromatic heterocycles. The van der Waals surface area contributed by atoms with Gasteiger partial charge in [-0.2, -0.15) is 9.30 Å². The second kappa shape index (κ2) is 9.54. The Hall–Kier alpha value is -3.26. The lowest BCUT2D eigenvalue weighted by Gasteiger charge is -2.16. The number of carbonyl (C=O) groups excluding carboxylic acids is 2. The molecule has 3 aromatic rings. The van der Waals surface area contributed by atoms with Crippen LogP contribution in [0.5, 0.6) is 0 Å². The minimum Gasteiger partial charge on any atom is -0.462 e. The number of nitrogens with zero attached hydrogens (tertiary/aromatic N) is 3. The zero-order valence-electron chi connectivity index (χ0n) is 18.7. The Morgan fingerprint density at radius 1 is 1.21 bits per heavy atom. The number of hydrogen-bond acceptors (Lipinski definition) is 6. The number of hydrogen-bond donors (Lipinski definition) is 0. The Balaban J connectivity index is 1.67. The molecule has 1 amide bonds. The summed E-state index contributed by atoms with van der Waals surface area (Å²) in [6, 6.07) is 10.9. The van der Waals surface area contributed by atoms with Crippen LogP contribution in [0.4, 0.5) is 0 Å². The maximum atomic E-state index is 12.9. The fourth-order valence-corrected chi connectivity index (χ4v) is 5.95. The van der Waals surface area contributed by atoms with Gasteiger partial charge in [0.1, 0.15) is 0 Å². The normalized spacial score (nSPS) is 14.4. The molecule has 1 saturated carbocycles. The third-order valence-electron chi connectivity index (χ3n) is 5.48. The Bertz CT molecular complexity index is 1470. The maximum absolute atomic E-state index is 12.9. The smallest absolute Gasteiger partial charge is 0.338 e. The van der Waals surface area contributed by atoms with Crippen molar-refractivity contribution in [1.29, 1.82) is 0 Å². The predicted octanol–water partition coefficient (Wildman–Crippen LogP) is 3.04. The molecule has 1 aliphatic carbocycles. The highest BCUT2D eigenvalue weighted by atomic mass is 32.2. The van der Waals surface area contributed by atoms with E-state index in [4.69, 9.17) is 11.2 Å². The first-order chi connectivity index (χ1) is 16.3. The number of fused-ring (bicyclic) bond motifs is 1. The van der Waals surface area contributed by atoms with Crippen molar-refractivity contribution in [3.63, 3.8) is 0 Å². The quantitative estimate of drug-likeness (QED) is 0.369. The van der Waals surface area contributed by atoms with Crippen molar-refractivity contribution in [2.45, 2.75) is 37.2 Å². The van der Waals surface area contributed by atoms with Gasteiger partial charge in [0.2, 0.25) is 10.0 Å². The number of rotatable bonds is 7. The molecular weight excluding hydrogens is 474 g/mol. The summed E-state index contributed by atoms with van der Waals surface area (Å²) in [5, 5.41) is 0. The van der Waals surface area contributed by atoms with Crippen molar-refractivity contribution in [2.24, 2.45) is 4.99 Å². The van der Waals surface area contributed by atoms with Gasteiger partial charge in [0.25, 0.3) is 5.91 Å². The van der Waals surface area contributed by atoms with Crippen LogP contribution < -0.4 is 4.80 Å². The molecule has 1 heterocycles. The molecule has 0 radical (unpaired) electrons. The second-order valence-electron chi connectivity index (χ2n) is 7.77. The number of terminal acetylenes is 1. The summed E-state index contributed by atoms with van der Waals surface area (Å²) in [5.41, 5.74) is 1.39. The van der Waals surface area contributed by atoms with Crippen LogP contribution in [0, 0.1) is 12.3 Å². The van der Waals surface area contributed by atoms with Gasteiger partial charge in [-0.15, -0.1) is 6.42 Å². The number of benzene rings is 2. The summed E-state index contributed by atoms with van der Waals surface area (Å²) in [6.45, 7) is 2.19. The van der Waals surface area contributed by atoms with Crippen molar-refractivity contribution < 1.29 is 22.7 Å². The number of carbonyl (C=O) groups is 2. The average Bonchev–Trinajstić information content (AvgIpc) is 3.62. The summed E-state index contributed by atoms with van der Waals surface area (Å²) >= 11 is 1.23. The number of thiazole rings is 1. The van der Waals surface area contributed by atoms with Crippen LogP contribution in [0.1, 0.15) is 40.5 Å². The molecule has 0 atom stereocenters. The standard InChI is InChI=1S/C24H23N3O5S2/c1-4-14-27-20-13-8-17(23(29)32-5-2)15-21(20)33-24(27)25-22(28)16-6-11-19(12-7-16)34(30,31)26(3)18-9-10-18/h1,6-8,11-13,15,18H,5,9-10,14H2,2-3H3. The second-order valence-corrected chi connectivity index (χ2v) is 10.8. The van der Waals surface area contributed by atoms with E-state index in [1.54, 1.807) is 36.7 Å². The molecule has 1 aliphatic rings. The Morgan fingerprint density at radius 2 is 1.88 bits per heavy atom. The molecular formula is C24H23N3O5S2. The van der Waals surface area contributed by atoms with E-state index < -0.39 is 21.9 Å². The van der Waals surface area contributed by atoms with Gasteiger partial charge in [0, 0.05) is 18.7 Å². The first-order valence-electron chi connectivity index (χ1n) is 10.7. The number of aromatic nitrogens is 1. The minimum absolute atomic E-state index is 0.0465. The first-order valence-corrected chi connectivity index (χ1v) is 12.9. The van der Waals surface area contributed by atoms with E-state index in [0.717, 1.165) is 23.1 Å². The average molecular weight is 498 g/mol. The largest absolute Gasteiger partial charge is 0.462 e. The molecule has 34 heavy (non-hydrogen) atoms. The van der Waals surface area contributed by atoms with Crippen molar-refractivity contribution >= 4 is 43.5 Å². The van der Waals surface area contributed by atoms with Gasteiger partial charge in [0.05, 0.1) is 33.8 Å². The number of sulfonamides is 1.